The molecule has 5 unspecified atom stereocenters. The van der Waals surface area contributed by atoms with Gasteiger partial charge in [-0.05, 0) is 43.2 Å². The van der Waals surface area contributed by atoms with Crippen molar-refractivity contribution in [3.05, 3.63) is 35.9 Å². The highest BCUT2D eigenvalue weighted by atomic mass is 16.4. The van der Waals surface area contributed by atoms with Crippen molar-refractivity contribution in [3.63, 3.8) is 0 Å². The van der Waals surface area contributed by atoms with E-state index in [1.807, 2.05) is 5.32 Å². The standard InChI is InChI=1S/C41H60N8O15/c1-7-11-29(37(60)39(62)43-20-35(58)59)44-32(53)21-47(19-18-42-38(61)27-12-9-8-10-13-27)41(64)36(25(4)5)46-49(31(23-51)24(2)3)40(63)30(15-17-34(56)57)45-48(26(6)52)28(22-50)14-16-33(54)55/h8-10,12-13,22-25,28-31,36,45-46H,7,11,14-21H2,1-6H3,(H,42,61)(H,43,62)(H,44,53)(H,54,55)(H,56,57)(H,58,59). The molecule has 0 bridgehead atoms. The lowest BCUT2D eigenvalue weighted by molar-refractivity contribution is -0.154. The van der Waals surface area contributed by atoms with Gasteiger partial charge in [-0.25, -0.2) is 10.9 Å². The van der Waals surface area contributed by atoms with Gasteiger partial charge in [-0.15, -0.1) is 0 Å². The minimum atomic E-state index is -1.68. The van der Waals surface area contributed by atoms with Gasteiger partial charge in [0.05, 0.1) is 12.6 Å². The van der Waals surface area contributed by atoms with Gasteiger partial charge in [0, 0.05) is 38.4 Å². The number of aldehydes is 2. The maximum absolute atomic E-state index is 14.6. The second kappa shape index (κ2) is 28.1. The Hall–Kier alpha value is -6.62. The van der Waals surface area contributed by atoms with Crippen molar-refractivity contribution < 1.29 is 72.9 Å². The first-order valence-corrected chi connectivity index (χ1v) is 20.5. The fourth-order valence-corrected chi connectivity index (χ4v) is 6.08. The molecule has 6 amide bonds. The summed E-state index contributed by atoms with van der Waals surface area (Å²) in [5.41, 5.74) is 5.61. The van der Waals surface area contributed by atoms with Gasteiger partial charge < -0.3 is 45.8 Å². The van der Waals surface area contributed by atoms with Crippen molar-refractivity contribution in [1.29, 1.82) is 0 Å². The summed E-state index contributed by atoms with van der Waals surface area (Å²) in [4.78, 5) is 154. The zero-order valence-electron chi connectivity index (χ0n) is 36.7. The van der Waals surface area contributed by atoms with E-state index in [0.717, 1.165) is 16.8 Å². The number of aliphatic carboxylic acids is 3. The van der Waals surface area contributed by atoms with Crippen LogP contribution in [0.5, 0.6) is 0 Å². The molecule has 0 aromatic heterocycles. The summed E-state index contributed by atoms with van der Waals surface area (Å²) in [6.07, 6.45) is -1.27. The van der Waals surface area contributed by atoms with E-state index in [1.54, 1.807) is 52.8 Å². The molecule has 0 aliphatic rings. The Morgan fingerprint density at radius 3 is 1.81 bits per heavy atom. The van der Waals surface area contributed by atoms with Crippen molar-refractivity contribution in [2.75, 3.05) is 26.2 Å². The molecular weight excluding hydrogens is 844 g/mol. The van der Waals surface area contributed by atoms with E-state index in [9.17, 15) is 67.7 Å². The monoisotopic (exact) mass is 904 g/mol. The SMILES string of the molecule is CCCC(NC(=O)CN(CCNC(=O)c1ccccc1)C(=O)C(NN(C(=O)C(CCC(=O)O)NN(C(C)=O)C(C=O)CCC(=O)O)C(C=O)C(C)C)C(C)C)C(=O)C(=O)NCC(=O)O. The fraction of sp³-hybridized carbons (Fsp3) is 0.561. The highest BCUT2D eigenvalue weighted by Gasteiger charge is 2.39. The first-order valence-electron chi connectivity index (χ1n) is 20.5. The van der Waals surface area contributed by atoms with Crippen LogP contribution in [0.25, 0.3) is 0 Å². The van der Waals surface area contributed by atoms with Crippen molar-refractivity contribution >= 4 is 71.7 Å². The third kappa shape index (κ3) is 18.8. The highest BCUT2D eigenvalue weighted by Crippen LogP contribution is 2.17. The number of carboxylic acids is 3. The number of nitrogens with zero attached hydrogens (tertiary/aromatic N) is 3. The molecule has 0 spiro atoms. The van der Waals surface area contributed by atoms with E-state index in [2.05, 4.69) is 21.5 Å². The number of nitrogens with one attached hydrogen (secondary N) is 5. The molecule has 1 aromatic carbocycles. The van der Waals surface area contributed by atoms with Crippen LogP contribution >= 0.6 is 0 Å². The number of hydrogen-bond acceptors (Lipinski definition) is 14. The molecule has 0 saturated carbocycles. The van der Waals surface area contributed by atoms with Gasteiger partial charge in [-0.2, -0.15) is 0 Å². The number of Topliss-reactive ketones (excluding diaryl/α,β-unsaturated/α-hetero) is 1. The summed E-state index contributed by atoms with van der Waals surface area (Å²) in [5.74, 6) is -12.2. The number of carbonyl (C=O) groups excluding carboxylic acids is 9. The van der Waals surface area contributed by atoms with Crippen molar-refractivity contribution in [2.45, 2.75) is 110 Å². The van der Waals surface area contributed by atoms with Gasteiger partial charge in [0.15, 0.2) is 0 Å². The summed E-state index contributed by atoms with van der Waals surface area (Å²) < 4.78 is 0. The lowest BCUT2D eigenvalue weighted by Crippen LogP contribution is -2.66. The molecule has 0 fully saturated rings. The first-order chi connectivity index (χ1) is 30.1. The fourth-order valence-electron chi connectivity index (χ4n) is 6.08. The summed E-state index contributed by atoms with van der Waals surface area (Å²) >= 11 is 0. The number of benzene rings is 1. The average Bonchev–Trinajstić information content (AvgIpc) is 3.23. The van der Waals surface area contributed by atoms with Gasteiger partial charge in [-0.1, -0.05) is 59.2 Å². The van der Waals surface area contributed by atoms with Crippen LogP contribution in [0.15, 0.2) is 30.3 Å². The van der Waals surface area contributed by atoms with Gasteiger partial charge >= 0.3 is 17.9 Å². The third-order valence-electron chi connectivity index (χ3n) is 9.49. The largest absolute Gasteiger partial charge is 0.481 e. The van der Waals surface area contributed by atoms with Crippen LogP contribution < -0.4 is 26.8 Å². The number of rotatable bonds is 31. The second-order valence-corrected chi connectivity index (χ2v) is 15.3. The highest BCUT2D eigenvalue weighted by molar-refractivity contribution is 6.38. The molecule has 0 saturated heterocycles. The molecule has 5 atom stereocenters. The Balaban J connectivity index is 3.76. The molecule has 0 aliphatic heterocycles. The van der Waals surface area contributed by atoms with E-state index in [4.69, 9.17) is 5.11 Å². The molecule has 0 aliphatic carbocycles. The Labute approximate surface area is 369 Å². The molecule has 23 nitrogen and oxygen atoms in total. The van der Waals surface area contributed by atoms with Crippen LogP contribution in [0.3, 0.4) is 0 Å². The molecule has 0 radical (unpaired) electrons. The number of ketones is 1. The van der Waals surface area contributed by atoms with E-state index in [-0.39, 0.29) is 37.8 Å². The number of hydrazine groups is 2. The minimum Gasteiger partial charge on any atom is -0.481 e. The van der Waals surface area contributed by atoms with Gasteiger partial charge in [0.25, 0.3) is 17.7 Å². The zero-order valence-corrected chi connectivity index (χ0v) is 36.7. The van der Waals surface area contributed by atoms with Crippen LogP contribution in [0.2, 0.25) is 0 Å². The van der Waals surface area contributed by atoms with Crippen LogP contribution in [0.4, 0.5) is 0 Å². The van der Waals surface area contributed by atoms with Crippen molar-refractivity contribution in [2.24, 2.45) is 11.8 Å². The Morgan fingerprint density at radius 2 is 1.31 bits per heavy atom. The predicted molar refractivity (Wildman–Crippen MR) is 224 cm³/mol. The Bertz CT molecular complexity index is 1830. The number of carboxylic acid groups (broad SMARTS) is 3. The molecule has 0 heterocycles. The van der Waals surface area contributed by atoms with Crippen LogP contribution in [-0.2, 0) is 52.7 Å². The maximum atomic E-state index is 14.6. The van der Waals surface area contributed by atoms with Crippen molar-refractivity contribution in [1.82, 2.24) is 41.7 Å². The third-order valence-corrected chi connectivity index (χ3v) is 9.49. The lowest BCUT2D eigenvalue weighted by atomic mass is 10.0. The topological polar surface area (TPSA) is 335 Å². The predicted octanol–water partition coefficient (Wildman–Crippen LogP) is -1.10. The minimum absolute atomic E-state index is 0.0486. The summed E-state index contributed by atoms with van der Waals surface area (Å²) in [6, 6.07) is 0.633. The van der Waals surface area contributed by atoms with E-state index in [0.29, 0.717) is 17.7 Å². The van der Waals surface area contributed by atoms with Crippen LogP contribution in [0, 0.1) is 11.8 Å². The van der Waals surface area contributed by atoms with Gasteiger partial charge in [-0.3, -0.25) is 58.0 Å². The summed E-state index contributed by atoms with van der Waals surface area (Å²) in [7, 11) is 0. The van der Waals surface area contributed by atoms with Gasteiger partial charge in [0.2, 0.25) is 23.5 Å². The Morgan fingerprint density at radius 1 is 0.703 bits per heavy atom. The normalized spacial score (nSPS) is 13.2. The molecule has 1 rings (SSSR count). The van der Waals surface area contributed by atoms with Crippen LogP contribution in [-0.4, -0.2) is 158 Å². The second-order valence-electron chi connectivity index (χ2n) is 15.3. The number of carbonyl (C=O) groups is 12. The average molecular weight is 905 g/mol. The maximum Gasteiger partial charge on any atom is 0.322 e. The number of amides is 6. The smallest absolute Gasteiger partial charge is 0.322 e. The Kier molecular flexibility index (Phi) is 24.4. The molecule has 23 heteroatoms. The van der Waals surface area contributed by atoms with E-state index >= 15 is 0 Å². The molecule has 1 aromatic rings. The molecule has 64 heavy (non-hydrogen) atoms. The van der Waals surface area contributed by atoms with E-state index < -0.39 is 134 Å². The van der Waals surface area contributed by atoms with E-state index in [1.165, 1.54) is 12.1 Å². The molecule has 8 N–H and O–H groups in total. The van der Waals surface area contributed by atoms with Crippen LogP contribution in [0.1, 0.15) is 90.4 Å². The zero-order chi connectivity index (χ0) is 48.7. The summed E-state index contributed by atoms with van der Waals surface area (Å²) in [6.45, 7) is 6.66. The quantitative estimate of drug-likeness (QED) is 0.0249. The molecular formula is C41H60N8O15. The first kappa shape index (κ1) is 55.4. The van der Waals surface area contributed by atoms with Gasteiger partial charge in [0.1, 0.15) is 43.3 Å². The lowest BCUT2D eigenvalue weighted by Gasteiger charge is -2.40. The summed E-state index contributed by atoms with van der Waals surface area (Å²) in [5, 5.41) is 36.1. The number of hydrogen-bond donors (Lipinski definition) is 8. The van der Waals surface area contributed by atoms with Crippen molar-refractivity contribution in [3.8, 4) is 0 Å². The molecule has 354 valence electrons.